The zero-order valence-electron chi connectivity index (χ0n) is 9.35. The predicted molar refractivity (Wildman–Crippen MR) is 64.7 cm³/mol. The van der Waals surface area contributed by atoms with Gasteiger partial charge in [0.1, 0.15) is 0 Å². The second-order valence-electron chi connectivity index (χ2n) is 4.94. The SMILES string of the molecule is CC1CCSC2(CCCCCCC2)N1. The summed E-state index contributed by atoms with van der Waals surface area (Å²) in [5.74, 6) is 1.37. The Balaban J connectivity index is 1.95. The molecule has 1 heterocycles. The summed E-state index contributed by atoms with van der Waals surface area (Å²) in [6.45, 7) is 2.35. The van der Waals surface area contributed by atoms with Crippen molar-refractivity contribution in [3.63, 3.8) is 0 Å². The minimum absolute atomic E-state index is 0.470. The highest BCUT2D eigenvalue weighted by Gasteiger charge is 2.34. The highest BCUT2D eigenvalue weighted by Crippen LogP contribution is 2.39. The van der Waals surface area contributed by atoms with Gasteiger partial charge < -0.3 is 5.32 Å². The molecular weight excluding hydrogens is 190 g/mol. The van der Waals surface area contributed by atoms with Crippen LogP contribution in [0.3, 0.4) is 0 Å². The maximum atomic E-state index is 3.86. The van der Waals surface area contributed by atoms with Gasteiger partial charge in [-0.1, -0.05) is 32.1 Å². The standard InChI is InChI=1S/C12H23NS/c1-11-7-10-14-12(13-11)8-5-3-2-4-6-9-12/h11,13H,2-10H2,1H3. The van der Waals surface area contributed by atoms with E-state index in [1.165, 1.54) is 57.1 Å². The summed E-state index contributed by atoms with van der Waals surface area (Å²) in [4.78, 5) is 0.470. The number of thioether (sulfide) groups is 1. The van der Waals surface area contributed by atoms with Crippen LogP contribution >= 0.6 is 11.8 Å². The van der Waals surface area contributed by atoms with E-state index in [4.69, 9.17) is 0 Å². The molecule has 0 aromatic rings. The molecular formula is C12H23NS. The van der Waals surface area contributed by atoms with Crippen LogP contribution in [0.4, 0.5) is 0 Å². The fourth-order valence-electron chi connectivity index (χ4n) is 2.76. The van der Waals surface area contributed by atoms with E-state index in [0.29, 0.717) is 4.87 Å². The summed E-state index contributed by atoms with van der Waals surface area (Å²) in [7, 11) is 0. The molecule has 1 saturated carbocycles. The van der Waals surface area contributed by atoms with Crippen LogP contribution in [0.5, 0.6) is 0 Å². The van der Waals surface area contributed by atoms with Crippen LogP contribution in [0.2, 0.25) is 0 Å². The normalized spacial score (nSPS) is 33.6. The molecule has 0 radical (unpaired) electrons. The Bertz CT molecular complexity index is 173. The smallest absolute Gasteiger partial charge is 0.0647 e. The molecule has 1 spiro atoms. The molecule has 2 fully saturated rings. The van der Waals surface area contributed by atoms with Crippen LogP contribution in [-0.2, 0) is 0 Å². The maximum Gasteiger partial charge on any atom is 0.0647 e. The minimum Gasteiger partial charge on any atom is -0.300 e. The Hall–Kier alpha value is 0.310. The maximum absolute atomic E-state index is 3.86. The molecule has 2 heteroatoms. The van der Waals surface area contributed by atoms with Crippen LogP contribution in [0.25, 0.3) is 0 Å². The Kier molecular flexibility index (Phi) is 3.78. The molecule has 0 bridgehead atoms. The van der Waals surface area contributed by atoms with Crippen molar-refractivity contribution in [2.24, 2.45) is 0 Å². The first kappa shape index (κ1) is 10.8. The highest BCUT2D eigenvalue weighted by molar-refractivity contribution is 8.00. The summed E-state index contributed by atoms with van der Waals surface area (Å²) in [6, 6.07) is 0.746. The van der Waals surface area contributed by atoms with Crippen LogP contribution in [0, 0.1) is 0 Å². The molecule has 0 aromatic heterocycles. The lowest BCUT2D eigenvalue weighted by Crippen LogP contribution is -2.50. The molecule has 2 rings (SSSR count). The van der Waals surface area contributed by atoms with E-state index in [1.807, 2.05) is 0 Å². The fraction of sp³-hybridized carbons (Fsp3) is 1.00. The molecule has 1 unspecified atom stereocenters. The molecule has 1 nitrogen and oxygen atoms in total. The van der Waals surface area contributed by atoms with Gasteiger partial charge in [-0.25, -0.2) is 0 Å². The van der Waals surface area contributed by atoms with Gasteiger partial charge in [0.05, 0.1) is 4.87 Å². The topological polar surface area (TPSA) is 12.0 Å². The summed E-state index contributed by atoms with van der Waals surface area (Å²) in [5.41, 5.74) is 0. The van der Waals surface area contributed by atoms with E-state index in [0.717, 1.165) is 6.04 Å². The molecule has 1 aliphatic heterocycles. The van der Waals surface area contributed by atoms with Gasteiger partial charge in [-0.3, -0.25) is 0 Å². The van der Waals surface area contributed by atoms with Crippen LogP contribution in [0.1, 0.15) is 58.3 Å². The van der Waals surface area contributed by atoms with Crippen molar-refractivity contribution in [3.8, 4) is 0 Å². The third kappa shape index (κ3) is 2.66. The van der Waals surface area contributed by atoms with Crippen molar-refractivity contribution in [1.29, 1.82) is 0 Å². The average molecular weight is 213 g/mol. The van der Waals surface area contributed by atoms with Gasteiger partial charge in [0.15, 0.2) is 0 Å². The highest BCUT2D eigenvalue weighted by atomic mass is 32.2. The van der Waals surface area contributed by atoms with Crippen LogP contribution in [-0.4, -0.2) is 16.7 Å². The Labute approximate surface area is 92.4 Å². The first-order chi connectivity index (χ1) is 6.81. The van der Waals surface area contributed by atoms with Crippen molar-refractivity contribution < 1.29 is 0 Å². The second kappa shape index (κ2) is 4.89. The Morgan fingerprint density at radius 3 is 2.36 bits per heavy atom. The summed E-state index contributed by atoms with van der Waals surface area (Å²) in [5, 5.41) is 3.86. The lowest BCUT2D eigenvalue weighted by Gasteiger charge is -2.42. The fourth-order valence-corrected chi connectivity index (χ4v) is 4.48. The first-order valence-electron chi connectivity index (χ1n) is 6.22. The van der Waals surface area contributed by atoms with Gasteiger partial charge in [-0.05, 0) is 31.9 Å². The van der Waals surface area contributed by atoms with E-state index >= 15 is 0 Å². The average Bonchev–Trinajstić information content (AvgIpc) is 2.12. The van der Waals surface area contributed by atoms with Crippen molar-refractivity contribution in [3.05, 3.63) is 0 Å². The van der Waals surface area contributed by atoms with Crippen LogP contribution in [0.15, 0.2) is 0 Å². The van der Waals surface area contributed by atoms with Gasteiger partial charge in [0, 0.05) is 6.04 Å². The summed E-state index contributed by atoms with van der Waals surface area (Å²) >= 11 is 2.20. The van der Waals surface area contributed by atoms with E-state index < -0.39 is 0 Å². The van der Waals surface area contributed by atoms with Gasteiger partial charge in [-0.15, -0.1) is 11.8 Å². The van der Waals surface area contributed by atoms with Gasteiger partial charge in [0.2, 0.25) is 0 Å². The molecule has 0 amide bonds. The number of hydrogen-bond acceptors (Lipinski definition) is 2. The van der Waals surface area contributed by atoms with E-state index in [1.54, 1.807) is 0 Å². The molecule has 0 aromatic carbocycles. The van der Waals surface area contributed by atoms with Gasteiger partial charge in [0.25, 0.3) is 0 Å². The molecule has 1 saturated heterocycles. The summed E-state index contributed by atoms with van der Waals surface area (Å²) in [6.07, 6.45) is 11.4. The third-order valence-electron chi connectivity index (χ3n) is 3.60. The number of nitrogens with one attached hydrogen (secondary N) is 1. The molecule has 14 heavy (non-hydrogen) atoms. The molecule has 82 valence electrons. The van der Waals surface area contributed by atoms with Crippen LogP contribution < -0.4 is 5.32 Å². The monoisotopic (exact) mass is 213 g/mol. The molecule has 1 atom stereocenters. The quantitative estimate of drug-likeness (QED) is 0.660. The zero-order chi connectivity index (χ0) is 9.86. The molecule has 2 aliphatic rings. The Morgan fingerprint density at radius 2 is 1.71 bits per heavy atom. The van der Waals surface area contributed by atoms with Crippen molar-refractivity contribution >= 4 is 11.8 Å². The van der Waals surface area contributed by atoms with Gasteiger partial charge >= 0.3 is 0 Å². The molecule has 1 N–H and O–H groups in total. The lowest BCUT2D eigenvalue weighted by molar-refractivity contribution is 0.314. The summed E-state index contributed by atoms with van der Waals surface area (Å²) < 4.78 is 0. The lowest BCUT2D eigenvalue weighted by atomic mass is 9.95. The van der Waals surface area contributed by atoms with Crippen molar-refractivity contribution in [1.82, 2.24) is 5.32 Å². The third-order valence-corrected chi connectivity index (χ3v) is 5.12. The largest absolute Gasteiger partial charge is 0.300 e. The first-order valence-corrected chi connectivity index (χ1v) is 7.21. The van der Waals surface area contributed by atoms with E-state index in [9.17, 15) is 0 Å². The number of rotatable bonds is 0. The van der Waals surface area contributed by atoms with E-state index in [2.05, 4.69) is 24.0 Å². The number of hydrogen-bond donors (Lipinski definition) is 1. The van der Waals surface area contributed by atoms with Gasteiger partial charge in [-0.2, -0.15) is 0 Å². The van der Waals surface area contributed by atoms with Crippen molar-refractivity contribution in [2.75, 3.05) is 5.75 Å². The zero-order valence-corrected chi connectivity index (χ0v) is 10.2. The van der Waals surface area contributed by atoms with Crippen molar-refractivity contribution in [2.45, 2.75) is 69.2 Å². The molecule has 1 aliphatic carbocycles. The minimum atomic E-state index is 0.470. The Morgan fingerprint density at radius 1 is 1.07 bits per heavy atom. The van der Waals surface area contributed by atoms with E-state index in [-0.39, 0.29) is 0 Å². The predicted octanol–water partition coefficient (Wildman–Crippen LogP) is 3.54. The second-order valence-corrected chi connectivity index (χ2v) is 6.42.